The number of rotatable bonds is 9. The van der Waals surface area contributed by atoms with Crippen molar-refractivity contribution in [3.63, 3.8) is 0 Å². The molecule has 0 radical (unpaired) electrons. The number of nitrogens with one attached hydrogen (secondary N) is 1. The summed E-state index contributed by atoms with van der Waals surface area (Å²) in [6, 6.07) is 0.537. The van der Waals surface area contributed by atoms with Gasteiger partial charge in [0.15, 0.2) is 0 Å². The van der Waals surface area contributed by atoms with Crippen LogP contribution in [0, 0.1) is 11.3 Å². The third kappa shape index (κ3) is 7.12. The second-order valence-corrected chi connectivity index (χ2v) is 7.59. The molecule has 3 heteroatoms. The van der Waals surface area contributed by atoms with Crippen LogP contribution in [0.3, 0.4) is 0 Å². The lowest BCUT2D eigenvalue weighted by molar-refractivity contribution is 0.272. The van der Waals surface area contributed by atoms with Crippen LogP contribution in [0.15, 0.2) is 12.4 Å². The van der Waals surface area contributed by atoms with Crippen LogP contribution in [-0.4, -0.2) is 22.1 Å². The van der Waals surface area contributed by atoms with Gasteiger partial charge in [-0.2, -0.15) is 0 Å². The molecule has 0 aliphatic rings. The fourth-order valence-corrected chi connectivity index (χ4v) is 3.24. The van der Waals surface area contributed by atoms with Crippen molar-refractivity contribution >= 4 is 0 Å². The van der Waals surface area contributed by atoms with Crippen LogP contribution in [0.4, 0.5) is 0 Å². The molecule has 1 aromatic rings. The lowest BCUT2D eigenvalue weighted by atomic mass is 9.82. The molecule has 0 aromatic carbocycles. The van der Waals surface area contributed by atoms with Crippen LogP contribution in [-0.2, 0) is 13.0 Å². The summed E-state index contributed by atoms with van der Waals surface area (Å²) < 4.78 is 2.26. The Labute approximate surface area is 131 Å². The highest BCUT2D eigenvalue weighted by atomic mass is 15.1. The molecule has 1 heterocycles. The molecule has 0 saturated carbocycles. The maximum absolute atomic E-state index is 4.54. The van der Waals surface area contributed by atoms with E-state index in [1.165, 1.54) is 25.1 Å². The largest absolute Gasteiger partial charge is 0.335 e. The summed E-state index contributed by atoms with van der Waals surface area (Å²) in [6.07, 6.45) is 8.74. The highest BCUT2D eigenvalue weighted by molar-refractivity contribution is 4.96. The molecule has 122 valence electrons. The summed E-state index contributed by atoms with van der Waals surface area (Å²) in [7, 11) is 0. The summed E-state index contributed by atoms with van der Waals surface area (Å²) >= 11 is 0. The third-order valence-electron chi connectivity index (χ3n) is 3.90. The van der Waals surface area contributed by atoms with Crippen LogP contribution < -0.4 is 5.32 Å². The van der Waals surface area contributed by atoms with Crippen LogP contribution >= 0.6 is 0 Å². The van der Waals surface area contributed by atoms with Gasteiger partial charge in [-0.05, 0) is 44.1 Å². The third-order valence-corrected chi connectivity index (χ3v) is 3.90. The van der Waals surface area contributed by atoms with E-state index in [2.05, 4.69) is 62.6 Å². The second-order valence-electron chi connectivity index (χ2n) is 7.59. The highest BCUT2D eigenvalue weighted by Gasteiger charge is 2.20. The smallest absolute Gasteiger partial charge is 0.110 e. The van der Waals surface area contributed by atoms with Crippen molar-refractivity contribution in [3.8, 4) is 0 Å². The van der Waals surface area contributed by atoms with E-state index in [1.54, 1.807) is 0 Å². The number of hydrogen-bond donors (Lipinski definition) is 1. The van der Waals surface area contributed by atoms with Gasteiger partial charge < -0.3 is 9.88 Å². The number of aryl methyl sites for hydroxylation is 1. The van der Waals surface area contributed by atoms with Gasteiger partial charge in [0, 0.05) is 31.4 Å². The molecule has 21 heavy (non-hydrogen) atoms. The zero-order valence-electron chi connectivity index (χ0n) is 14.9. The van der Waals surface area contributed by atoms with Gasteiger partial charge in [-0.25, -0.2) is 4.98 Å². The molecule has 2 atom stereocenters. The first kappa shape index (κ1) is 18.2. The Morgan fingerprint density at radius 2 is 2.00 bits per heavy atom. The average Bonchev–Trinajstić information content (AvgIpc) is 2.80. The zero-order chi connectivity index (χ0) is 15.9. The van der Waals surface area contributed by atoms with E-state index >= 15 is 0 Å². The highest BCUT2D eigenvalue weighted by Crippen LogP contribution is 2.27. The predicted octanol–water partition coefficient (Wildman–Crippen LogP) is 4.28. The van der Waals surface area contributed by atoms with Crippen molar-refractivity contribution in [2.75, 3.05) is 6.54 Å². The van der Waals surface area contributed by atoms with E-state index in [9.17, 15) is 0 Å². The van der Waals surface area contributed by atoms with Gasteiger partial charge in [-0.15, -0.1) is 0 Å². The minimum atomic E-state index is 0.413. The normalized spacial score (nSPS) is 15.1. The Hall–Kier alpha value is -0.830. The molecule has 0 aliphatic carbocycles. The van der Waals surface area contributed by atoms with Gasteiger partial charge in [-0.1, -0.05) is 34.6 Å². The van der Waals surface area contributed by atoms with Crippen molar-refractivity contribution in [1.29, 1.82) is 0 Å². The summed E-state index contributed by atoms with van der Waals surface area (Å²) in [5.74, 6) is 1.96. The number of nitrogens with zero attached hydrogens (tertiary/aromatic N) is 2. The fourth-order valence-electron chi connectivity index (χ4n) is 3.24. The Morgan fingerprint density at radius 3 is 2.57 bits per heavy atom. The van der Waals surface area contributed by atoms with Crippen molar-refractivity contribution in [2.45, 2.75) is 79.8 Å². The van der Waals surface area contributed by atoms with E-state index in [0.717, 1.165) is 25.4 Å². The standard InChI is InChI=1S/C18H35N3/c1-7-9-19-16(12-15(3)14-18(4,5)6)13-17-20-10-11-21(17)8-2/h10-11,15-16,19H,7-9,12-14H2,1-6H3. The summed E-state index contributed by atoms with van der Waals surface area (Å²) in [5, 5.41) is 3.72. The summed E-state index contributed by atoms with van der Waals surface area (Å²) in [4.78, 5) is 4.54. The molecule has 0 bridgehead atoms. The Kier molecular flexibility index (Phi) is 7.44. The summed E-state index contributed by atoms with van der Waals surface area (Å²) in [6.45, 7) is 15.9. The van der Waals surface area contributed by atoms with Crippen molar-refractivity contribution < 1.29 is 0 Å². The van der Waals surface area contributed by atoms with E-state index in [0.29, 0.717) is 11.5 Å². The zero-order valence-corrected chi connectivity index (χ0v) is 14.9. The van der Waals surface area contributed by atoms with Gasteiger partial charge in [0.2, 0.25) is 0 Å². The Balaban J connectivity index is 2.62. The van der Waals surface area contributed by atoms with Crippen molar-refractivity contribution in [3.05, 3.63) is 18.2 Å². The van der Waals surface area contributed by atoms with Gasteiger partial charge in [0.1, 0.15) is 5.82 Å². The van der Waals surface area contributed by atoms with Crippen molar-refractivity contribution in [2.24, 2.45) is 11.3 Å². The summed E-state index contributed by atoms with van der Waals surface area (Å²) in [5.41, 5.74) is 0.413. The van der Waals surface area contributed by atoms with E-state index in [1.807, 2.05) is 6.20 Å². The minimum Gasteiger partial charge on any atom is -0.335 e. The predicted molar refractivity (Wildman–Crippen MR) is 91.5 cm³/mol. The second kappa shape index (κ2) is 8.57. The van der Waals surface area contributed by atoms with E-state index < -0.39 is 0 Å². The Morgan fingerprint density at radius 1 is 1.29 bits per heavy atom. The molecular weight excluding hydrogens is 258 g/mol. The minimum absolute atomic E-state index is 0.413. The maximum Gasteiger partial charge on any atom is 0.110 e. The first-order valence-corrected chi connectivity index (χ1v) is 8.59. The van der Waals surface area contributed by atoms with Crippen LogP contribution in [0.2, 0.25) is 0 Å². The van der Waals surface area contributed by atoms with Gasteiger partial charge in [-0.3, -0.25) is 0 Å². The van der Waals surface area contributed by atoms with Gasteiger partial charge in [0.25, 0.3) is 0 Å². The molecule has 1 N–H and O–H groups in total. The SMILES string of the molecule is CCCNC(Cc1nccn1CC)CC(C)CC(C)(C)C. The maximum atomic E-state index is 4.54. The molecule has 1 aromatic heterocycles. The van der Waals surface area contributed by atoms with Crippen molar-refractivity contribution in [1.82, 2.24) is 14.9 Å². The lowest BCUT2D eigenvalue weighted by Gasteiger charge is -2.27. The molecule has 0 saturated heterocycles. The number of hydrogen-bond acceptors (Lipinski definition) is 2. The van der Waals surface area contributed by atoms with Crippen LogP contribution in [0.1, 0.15) is 66.6 Å². The molecular formula is C18H35N3. The molecule has 0 aliphatic heterocycles. The molecule has 0 fully saturated rings. The fraction of sp³-hybridized carbons (Fsp3) is 0.833. The van der Waals surface area contributed by atoms with Gasteiger partial charge in [0.05, 0.1) is 0 Å². The van der Waals surface area contributed by atoms with Gasteiger partial charge >= 0.3 is 0 Å². The quantitative estimate of drug-likeness (QED) is 0.736. The molecule has 0 amide bonds. The van der Waals surface area contributed by atoms with Crippen LogP contribution in [0.25, 0.3) is 0 Å². The molecule has 0 spiro atoms. The lowest BCUT2D eigenvalue weighted by Crippen LogP contribution is -2.34. The topological polar surface area (TPSA) is 29.9 Å². The van der Waals surface area contributed by atoms with E-state index in [4.69, 9.17) is 0 Å². The molecule has 1 rings (SSSR count). The number of aromatic nitrogens is 2. The molecule has 2 unspecified atom stereocenters. The average molecular weight is 293 g/mol. The number of imidazole rings is 1. The van der Waals surface area contributed by atoms with E-state index in [-0.39, 0.29) is 0 Å². The first-order valence-electron chi connectivity index (χ1n) is 8.59. The Bertz CT molecular complexity index is 389. The monoisotopic (exact) mass is 293 g/mol. The van der Waals surface area contributed by atoms with Crippen LogP contribution in [0.5, 0.6) is 0 Å². The first-order chi connectivity index (χ1) is 9.85. The molecule has 3 nitrogen and oxygen atoms in total.